The molecule has 1 aromatic rings. The molecule has 0 aromatic carbocycles. The number of ether oxygens (including phenoxy) is 1. The number of hydrogen-bond donors (Lipinski definition) is 0. The number of rotatable bonds is 8. The summed E-state index contributed by atoms with van der Waals surface area (Å²) in [7, 11) is 0. The van der Waals surface area contributed by atoms with Crippen molar-refractivity contribution in [2.45, 2.75) is 52.4 Å². The molecule has 0 N–H and O–H groups in total. The number of nitrogens with zero attached hydrogens (tertiary/aromatic N) is 2. The standard InChI is InChI=1S/C10H22O.C2H2N2O/c1-3-5-7-9-11-10-8-6-4-2;1-2-5-4-3-1/h3-10H2,1-2H3;1-2H. The fraction of sp³-hybridized carbons (Fsp3) is 0.833. The van der Waals surface area contributed by atoms with E-state index >= 15 is 0 Å². The van der Waals surface area contributed by atoms with Gasteiger partial charge in [0.25, 0.3) is 0 Å². The van der Waals surface area contributed by atoms with Crippen LogP contribution in [0.4, 0.5) is 0 Å². The lowest BCUT2D eigenvalue weighted by molar-refractivity contribution is 0.126. The average Bonchev–Trinajstić information content (AvgIpc) is 2.87. The molecule has 1 rings (SSSR count). The van der Waals surface area contributed by atoms with Crippen LogP contribution in [0.1, 0.15) is 52.4 Å². The van der Waals surface area contributed by atoms with E-state index in [9.17, 15) is 0 Å². The second-order valence-corrected chi connectivity index (χ2v) is 3.61. The zero-order chi connectivity index (χ0) is 11.9. The molecule has 0 saturated carbocycles. The minimum atomic E-state index is 0.970. The van der Waals surface area contributed by atoms with Gasteiger partial charge in [0.05, 0.1) is 6.20 Å². The molecule has 0 radical (unpaired) electrons. The molecule has 0 saturated heterocycles. The summed E-state index contributed by atoms with van der Waals surface area (Å²) in [4.78, 5) is 0. The van der Waals surface area contributed by atoms with E-state index in [1.165, 1.54) is 51.0 Å². The molecule has 0 bridgehead atoms. The Morgan fingerprint density at radius 3 is 1.94 bits per heavy atom. The van der Waals surface area contributed by atoms with Crippen molar-refractivity contribution in [3.8, 4) is 0 Å². The topological polar surface area (TPSA) is 48.2 Å². The van der Waals surface area contributed by atoms with Crippen LogP contribution in [0.2, 0.25) is 0 Å². The van der Waals surface area contributed by atoms with Gasteiger partial charge >= 0.3 is 0 Å². The highest BCUT2D eigenvalue weighted by Crippen LogP contribution is 1.97. The Balaban J connectivity index is 0.000000368. The molecule has 0 aliphatic rings. The first-order valence-corrected chi connectivity index (χ1v) is 6.20. The minimum Gasteiger partial charge on any atom is -0.381 e. The van der Waals surface area contributed by atoms with E-state index in [2.05, 4.69) is 28.7 Å². The molecule has 0 aliphatic heterocycles. The maximum Gasteiger partial charge on any atom is 0.144 e. The van der Waals surface area contributed by atoms with E-state index in [-0.39, 0.29) is 0 Å². The highest BCUT2D eigenvalue weighted by Gasteiger charge is 1.88. The average molecular weight is 228 g/mol. The third-order valence-corrected chi connectivity index (χ3v) is 2.07. The summed E-state index contributed by atoms with van der Waals surface area (Å²) in [6.45, 7) is 6.38. The largest absolute Gasteiger partial charge is 0.381 e. The molecule has 0 fully saturated rings. The number of unbranched alkanes of at least 4 members (excludes halogenated alkanes) is 4. The van der Waals surface area contributed by atoms with Gasteiger partial charge in [-0.3, -0.25) is 0 Å². The molecule has 0 amide bonds. The van der Waals surface area contributed by atoms with Crippen LogP contribution in [-0.4, -0.2) is 23.6 Å². The van der Waals surface area contributed by atoms with Gasteiger partial charge in [-0.15, -0.1) is 5.10 Å². The summed E-state index contributed by atoms with van der Waals surface area (Å²) in [5.74, 6) is 0. The summed E-state index contributed by atoms with van der Waals surface area (Å²) in [5.41, 5.74) is 0. The van der Waals surface area contributed by atoms with Crippen molar-refractivity contribution < 1.29 is 9.26 Å². The van der Waals surface area contributed by atoms with E-state index in [1.807, 2.05) is 0 Å². The van der Waals surface area contributed by atoms with Crippen LogP contribution in [0.5, 0.6) is 0 Å². The Hall–Kier alpha value is -0.900. The summed E-state index contributed by atoms with van der Waals surface area (Å²) in [6, 6.07) is 0. The van der Waals surface area contributed by atoms with Crippen molar-refractivity contribution in [3.05, 3.63) is 12.5 Å². The van der Waals surface area contributed by atoms with E-state index in [1.54, 1.807) is 0 Å². The summed E-state index contributed by atoms with van der Waals surface area (Å²) < 4.78 is 9.66. The lowest BCUT2D eigenvalue weighted by Crippen LogP contribution is -1.96. The monoisotopic (exact) mass is 228 g/mol. The second kappa shape index (κ2) is 14.1. The molecule has 1 aromatic heterocycles. The highest BCUT2D eigenvalue weighted by molar-refractivity contribution is 4.48. The van der Waals surface area contributed by atoms with Gasteiger partial charge in [0.2, 0.25) is 0 Å². The molecular formula is C12H24N2O2. The zero-order valence-electron chi connectivity index (χ0n) is 10.5. The van der Waals surface area contributed by atoms with E-state index in [4.69, 9.17) is 4.74 Å². The van der Waals surface area contributed by atoms with Crippen LogP contribution in [0, 0.1) is 0 Å². The lowest BCUT2D eigenvalue weighted by Gasteiger charge is -2.01. The van der Waals surface area contributed by atoms with Crippen molar-refractivity contribution >= 4 is 0 Å². The SMILES string of the molecule is CCCCCOCCCCC.c1conn1. The van der Waals surface area contributed by atoms with E-state index in [0.717, 1.165) is 13.2 Å². The Morgan fingerprint density at radius 1 is 1.00 bits per heavy atom. The summed E-state index contributed by atoms with van der Waals surface area (Å²) in [5, 5.41) is 6.40. The van der Waals surface area contributed by atoms with Crippen molar-refractivity contribution in [2.75, 3.05) is 13.2 Å². The van der Waals surface area contributed by atoms with Gasteiger partial charge in [-0.05, 0) is 12.8 Å². The van der Waals surface area contributed by atoms with Crippen molar-refractivity contribution in [1.29, 1.82) is 0 Å². The predicted octanol–water partition coefficient (Wildman–Crippen LogP) is 3.45. The first-order chi connectivity index (χ1) is 7.91. The Bertz CT molecular complexity index is 166. The molecule has 0 aliphatic carbocycles. The molecule has 4 heteroatoms. The molecular weight excluding hydrogens is 204 g/mol. The summed E-state index contributed by atoms with van der Waals surface area (Å²) in [6.07, 6.45) is 10.6. The van der Waals surface area contributed by atoms with Gasteiger partial charge in [-0.1, -0.05) is 39.5 Å². The highest BCUT2D eigenvalue weighted by atomic mass is 16.5. The van der Waals surface area contributed by atoms with Gasteiger partial charge in [0.1, 0.15) is 6.26 Å². The zero-order valence-corrected chi connectivity index (χ0v) is 10.5. The van der Waals surface area contributed by atoms with Crippen LogP contribution in [0.25, 0.3) is 0 Å². The Kier molecular flexibility index (Phi) is 13.3. The summed E-state index contributed by atoms with van der Waals surface area (Å²) >= 11 is 0. The second-order valence-electron chi connectivity index (χ2n) is 3.61. The molecule has 1 heterocycles. The van der Waals surface area contributed by atoms with Crippen LogP contribution in [-0.2, 0) is 4.74 Å². The Labute approximate surface area is 98.4 Å². The van der Waals surface area contributed by atoms with Crippen molar-refractivity contribution in [1.82, 2.24) is 10.4 Å². The first kappa shape index (κ1) is 15.1. The van der Waals surface area contributed by atoms with Gasteiger partial charge in [-0.2, -0.15) is 0 Å². The number of hydrogen-bond acceptors (Lipinski definition) is 4. The van der Waals surface area contributed by atoms with Gasteiger partial charge in [0.15, 0.2) is 0 Å². The van der Waals surface area contributed by atoms with Gasteiger partial charge in [-0.25, -0.2) is 0 Å². The van der Waals surface area contributed by atoms with Crippen LogP contribution in [0.15, 0.2) is 17.0 Å². The molecule has 94 valence electrons. The van der Waals surface area contributed by atoms with Gasteiger partial charge in [0, 0.05) is 18.5 Å². The quantitative estimate of drug-likeness (QED) is 0.639. The molecule has 0 atom stereocenters. The molecule has 4 nitrogen and oxygen atoms in total. The maximum absolute atomic E-state index is 5.44. The molecule has 0 unspecified atom stereocenters. The molecule has 0 spiro atoms. The Morgan fingerprint density at radius 2 is 1.62 bits per heavy atom. The normalized spacial score (nSPS) is 9.62. The van der Waals surface area contributed by atoms with Crippen LogP contribution >= 0.6 is 0 Å². The van der Waals surface area contributed by atoms with Crippen LogP contribution < -0.4 is 0 Å². The van der Waals surface area contributed by atoms with E-state index in [0.29, 0.717) is 0 Å². The number of aromatic nitrogens is 2. The van der Waals surface area contributed by atoms with Crippen LogP contribution in [0.3, 0.4) is 0 Å². The fourth-order valence-corrected chi connectivity index (χ4v) is 1.15. The lowest BCUT2D eigenvalue weighted by atomic mass is 10.2. The van der Waals surface area contributed by atoms with Crippen molar-refractivity contribution in [2.24, 2.45) is 0 Å². The third-order valence-electron chi connectivity index (χ3n) is 2.07. The minimum absolute atomic E-state index is 0.970. The first-order valence-electron chi connectivity index (χ1n) is 6.20. The molecule has 16 heavy (non-hydrogen) atoms. The fourth-order valence-electron chi connectivity index (χ4n) is 1.15. The van der Waals surface area contributed by atoms with Crippen molar-refractivity contribution in [3.63, 3.8) is 0 Å². The third kappa shape index (κ3) is 13.1. The van der Waals surface area contributed by atoms with E-state index < -0.39 is 0 Å². The maximum atomic E-state index is 5.44. The smallest absolute Gasteiger partial charge is 0.144 e. The van der Waals surface area contributed by atoms with Gasteiger partial charge < -0.3 is 9.26 Å². The predicted molar refractivity (Wildman–Crippen MR) is 64.2 cm³/mol.